The summed E-state index contributed by atoms with van der Waals surface area (Å²) in [6.07, 6.45) is -0.219. The van der Waals surface area contributed by atoms with Crippen molar-refractivity contribution >= 4 is 47.4 Å². The molecule has 8 heteroatoms. The minimum atomic E-state index is -0.219. The van der Waals surface area contributed by atoms with Crippen LogP contribution in [0.3, 0.4) is 0 Å². The Morgan fingerprint density at radius 2 is 1.92 bits per heavy atom. The third kappa shape index (κ3) is 6.12. The highest BCUT2D eigenvalue weighted by Crippen LogP contribution is 2.16. The summed E-state index contributed by atoms with van der Waals surface area (Å²) in [5, 5.41) is 3.34. The zero-order valence-corrected chi connectivity index (χ0v) is 17.7. The number of amides is 1. The number of hydrogen-bond donors (Lipinski definition) is 1. The number of aliphatic imine (C=N–C) groups is 1. The Kier molecular flexibility index (Phi) is 9.42. The van der Waals surface area contributed by atoms with Gasteiger partial charge in [-0.15, -0.1) is 35.3 Å². The lowest BCUT2D eigenvalue weighted by atomic mass is 10.3. The average molecular weight is 466 g/mol. The fourth-order valence-corrected chi connectivity index (χ4v) is 3.28. The van der Waals surface area contributed by atoms with Gasteiger partial charge < -0.3 is 19.9 Å². The Balaban J connectivity index is 0.00000288. The first-order valence-corrected chi connectivity index (χ1v) is 8.96. The maximum absolute atomic E-state index is 11.8. The molecular formula is C16H27IN4O2S. The van der Waals surface area contributed by atoms with Crippen LogP contribution >= 0.6 is 35.3 Å². The van der Waals surface area contributed by atoms with Crippen LogP contribution in [0.1, 0.15) is 23.6 Å². The van der Waals surface area contributed by atoms with E-state index in [1.807, 2.05) is 6.92 Å². The molecule has 1 amide bonds. The Morgan fingerprint density at radius 1 is 1.25 bits per heavy atom. The van der Waals surface area contributed by atoms with Gasteiger partial charge in [-0.05, 0) is 32.9 Å². The highest BCUT2D eigenvalue weighted by atomic mass is 127. The number of guanidine groups is 1. The van der Waals surface area contributed by atoms with E-state index in [1.165, 1.54) is 9.75 Å². The second kappa shape index (κ2) is 10.8. The highest BCUT2D eigenvalue weighted by molar-refractivity contribution is 14.0. The lowest BCUT2D eigenvalue weighted by molar-refractivity contribution is 0.0914. The molecule has 1 aromatic heterocycles. The van der Waals surface area contributed by atoms with Crippen molar-refractivity contribution in [1.29, 1.82) is 0 Å². The summed E-state index contributed by atoms with van der Waals surface area (Å²) < 4.78 is 5.06. The number of nitrogens with one attached hydrogen (secondary N) is 1. The Morgan fingerprint density at radius 3 is 2.46 bits per heavy atom. The van der Waals surface area contributed by atoms with Gasteiger partial charge in [-0.3, -0.25) is 0 Å². The van der Waals surface area contributed by atoms with Crippen molar-refractivity contribution in [2.45, 2.75) is 27.3 Å². The summed E-state index contributed by atoms with van der Waals surface area (Å²) in [6.45, 7) is 10.8. The molecule has 1 aromatic rings. The number of carbonyl (C=O) groups is 1. The van der Waals surface area contributed by atoms with Crippen LogP contribution in [0.25, 0.3) is 0 Å². The van der Waals surface area contributed by atoms with E-state index < -0.39 is 0 Å². The fraction of sp³-hybridized carbons (Fsp3) is 0.625. The zero-order valence-electron chi connectivity index (χ0n) is 14.6. The second-order valence-electron chi connectivity index (χ2n) is 5.36. The van der Waals surface area contributed by atoms with Gasteiger partial charge in [0.2, 0.25) is 0 Å². The van der Waals surface area contributed by atoms with Gasteiger partial charge in [0.05, 0.1) is 13.2 Å². The SMILES string of the molecule is CCNC(=NCc1ccc(C)s1)N1CCN(C(=O)OCC)CC1.I. The number of hydrogen-bond acceptors (Lipinski definition) is 4. The van der Waals surface area contributed by atoms with Crippen molar-refractivity contribution in [1.82, 2.24) is 15.1 Å². The summed E-state index contributed by atoms with van der Waals surface area (Å²) in [6, 6.07) is 4.26. The summed E-state index contributed by atoms with van der Waals surface area (Å²) in [4.78, 5) is 23.0. The van der Waals surface area contributed by atoms with E-state index in [4.69, 9.17) is 9.73 Å². The van der Waals surface area contributed by atoms with E-state index in [0.29, 0.717) is 26.2 Å². The molecule has 0 spiro atoms. The minimum Gasteiger partial charge on any atom is -0.450 e. The van der Waals surface area contributed by atoms with E-state index in [2.05, 4.69) is 36.2 Å². The summed E-state index contributed by atoms with van der Waals surface area (Å²) >= 11 is 1.78. The van der Waals surface area contributed by atoms with Gasteiger partial charge in [0, 0.05) is 42.5 Å². The lowest BCUT2D eigenvalue weighted by Crippen LogP contribution is -2.53. The van der Waals surface area contributed by atoms with Crippen LogP contribution in [0, 0.1) is 6.92 Å². The number of carbonyl (C=O) groups excluding carboxylic acids is 1. The van der Waals surface area contributed by atoms with Crippen molar-refractivity contribution in [3.8, 4) is 0 Å². The third-order valence-electron chi connectivity index (χ3n) is 3.62. The van der Waals surface area contributed by atoms with Crippen molar-refractivity contribution in [3.05, 3.63) is 21.9 Å². The Hall–Kier alpha value is -1.03. The number of halogens is 1. The predicted molar refractivity (Wildman–Crippen MR) is 109 cm³/mol. The lowest BCUT2D eigenvalue weighted by Gasteiger charge is -2.35. The molecule has 1 fully saturated rings. The van der Waals surface area contributed by atoms with Crippen molar-refractivity contribution < 1.29 is 9.53 Å². The Labute approximate surface area is 165 Å². The van der Waals surface area contributed by atoms with E-state index in [-0.39, 0.29) is 30.1 Å². The first-order chi connectivity index (χ1) is 11.1. The molecule has 1 N–H and O–H groups in total. The highest BCUT2D eigenvalue weighted by Gasteiger charge is 2.23. The number of aryl methyl sites for hydroxylation is 1. The van der Waals surface area contributed by atoms with E-state index in [1.54, 1.807) is 16.2 Å². The normalized spacial score (nSPS) is 15.0. The molecule has 2 heterocycles. The van der Waals surface area contributed by atoms with Gasteiger partial charge in [-0.2, -0.15) is 0 Å². The van der Waals surface area contributed by atoms with E-state index in [9.17, 15) is 4.79 Å². The molecule has 1 aliphatic heterocycles. The van der Waals surface area contributed by atoms with Crippen LogP contribution < -0.4 is 5.32 Å². The maximum Gasteiger partial charge on any atom is 0.409 e. The summed E-state index contributed by atoms with van der Waals surface area (Å²) in [5.41, 5.74) is 0. The largest absolute Gasteiger partial charge is 0.450 e. The molecule has 0 atom stereocenters. The molecule has 1 aliphatic rings. The average Bonchev–Trinajstić information content (AvgIpc) is 2.97. The smallest absolute Gasteiger partial charge is 0.409 e. The summed E-state index contributed by atoms with van der Waals surface area (Å²) in [5.74, 6) is 0.919. The standard InChI is InChI=1S/C16H26N4O2S.HI/c1-4-17-15(18-12-14-7-6-13(3)23-14)19-8-10-20(11-9-19)16(21)22-5-2;/h6-7H,4-5,8-12H2,1-3H3,(H,17,18);1H. The quantitative estimate of drug-likeness (QED) is 0.421. The molecule has 6 nitrogen and oxygen atoms in total. The molecular weight excluding hydrogens is 439 g/mol. The molecule has 0 aromatic carbocycles. The topological polar surface area (TPSA) is 57.2 Å². The number of rotatable bonds is 4. The third-order valence-corrected chi connectivity index (χ3v) is 4.61. The first kappa shape index (κ1) is 21.0. The number of thiophene rings is 1. The predicted octanol–water partition coefficient (Wildman–Crippen LogP) is 2.91. The van der Waals surface area contributed by atoms with Crippen LogP contribution in [-0.4, -0.2) is 61.2 Å². The first-order valence-electron chi connectivity index (χ1n) is 8.14. The molecule has 1 saturated heterocycles. The van der Waals surface area contributed by atoms with Crippen LogP contribution in [0.5, 0.6) is 0 Å². The number of ether oxygens (including phenoxy) is 1. The maximum atomic E-state index is 11.8. The van der Waals surface area contributed by atoms with Crippen LogP contribution in [0.4, 0.5) is 4.79 Å². The van der Waals surface area contributed by atoms with Crippen LogP contribution in [0.15, 0.2) is 17.1 Å². The van der Waals surface area contributed by atoms with Gasteiger partial charge >= 0.3 is 6.09 Å². The van der Waals surface area contributed by atoms with Crippen molar-refractivity contribution in [2.75, 3.05) is 39.3 Å². The number of piperazine rings is 1. The molecule has 0 unspecified atom stereocenters. The monoisotopic (exact) mass is 466 g/mol. The van der Waals surface area contributed by atoms with Crippen molar-refractivity contribution in [2.24, 2.45) is 4.99 Å². The molecule has 24 heavy (non-hydrogen) atoms. The molecule has 0 saturated carbocycles. The van der Waals surface area contributed by atoms with E-state index in [0.717, 1.165) is 25.6 Å². The molecule has 0 radical (unpaired) electrons. The summed E-state index contributed by atoms with van der Waals surface area (Å²) in [7, 11) is 0. The van der Waals surface area contributed by atoms with Gasteiger partial charge in [0.15, 0.2) is 5.96 Å². The zero-order chi connectivity index (χ0) is 16.7. The van der Waals surface area contributed by atoms with Gasteiger partial charge in [0.25, 0.3) is 0 Å². The second-order valence-corrected chi connectivity index (χ2v) is 6.73. The molecule has 0 aliphatic carbocycles. The molecule has 0 bridgehead atoms. The van der Waals surface area contributed by atoms with Crippen molar-refractivity contribution in [3.63, 3.8) is 0 Å². The Bertz CT molecular complexity index is 542. The number of nitrogens with zero attached hydrogens (tertiary/aromatic N) is 3. The van der Waals surface area contributed by atoms with Gasteiger partial charge in [-0.25, -0.2) is 9.79 Å². The van der Waals surface area contributed by atoms with Gasteiger partial charge in [0.1, 0.15) is 0 Å². The van der Waals surface area contributed by atoms with E-state index >= 15 is 0 Å². The fourth-order valence-electron chi connectivity index (χ4n) is 2.46. The van der Waals surface area contributed by atoms with Gasteiger partial charge in [-0.1, -0.05) is 0 Å². The molecule has 2 rings (SSSR count). The minimum absolute atomic E-state index is 0. The van der Waals surface area contributed by atoms with Crippen LogP contribution in [-0.2, 0) is 11.3 Å². The van der Waals surface area contributed by atoms with Crippen LogP contribution in [0.2, 0.25) is 0 Å². The molecule has 136 valence electrons.